The Balaban J connectivity index is 2.29. The van der Waals surface area contributed by atoms with Crippen LogP contribution in [-0.4, -0.2) is 28.3 Å². The first-order valence-corrected chi connectivity index (χ1v) is 6.26. The van der Waals surface area contributed by atoms with Crippen LogP contribution in [0, 0.1) is 0 Å². The molecule has 0 fully saturated rings. The van der Waals surface area contributed by atoms with E-state index in [1.807, 2.05) is 23.5 Å². The Labute approximate surface area is 77.4 Å². The number of hydrogen-bond donors (Lipinski definition) is 0. The van der Waals surface area contributed by atoms with Crippen LogP contribution in [0.3, 0.4) is 0 Å². The summed E-state index contributed by atoms with van der Waals surface area (Å²) in [7, 11) is 0. The molecule has 2 atom stereocenters. The maximum Gasteiger partial charge on any atom is 0.0965 e. The number of thioether (sulfide) groups is 2. The zero-order valence-corrected chi connectivity index (χ0v) is 8.97. The van der Waals surface area contributed by atoms with E-state index in [-0.39, 0.29) is 0 Å². The van der Waals surface area contributed by atoms with Gasteiger partial charge in [-0.25, -0.2) is 0 Å². The Bertz CT molecular complexity index is 156. The molecule has 11 heavy (non-hydrogen) atoms. The third-order valence-corrected chi connectivity index (χ3v) is 3.91. The zero-order chi connectivity index (χ0) is 8.27. The lowest BCUT2D eigenvalue weighted by Crippen LogP contribution is -2.02. The van der Waals surface area contributed by atoms with Crippen molar-refractivity contribution in [3.8, 4) is 0 Å². The Morgan fingerprint density at radius 1 is 1.64 bits per heavy atom. The van der Waals surface area contributed by atoms with Crippen LogP contribution in [0.25, 0.3) is 0 Å². The van der Waals surface area contributed by atoms with Crippen molar-refractivity contribution in [2.75, 3.05) is 12.0 Å². The predicted molar refractivity (Wildman–Crippen MR) is 56.9 cm³/mol. The fourth-order valence-electron chi connectivity index (χ4n) is 1.05. The quantitative estimate of drug-likeness (QED) is 0.676. The topological polar surface area (TPSA) is 12.4 Å². The van der Waals surface area contributed by atoms with Crippen LogP contribution < -0.4 is 0 Å². The molecule has 64 valence electrons. The first-order chi connectivity index (χ1) is 5.24. The van der Waals surface area contributed by atoms with E-state index in [2.05, 4.69) is 25.1 Å². The molecule has 0 aromatic carbocycles. The summed E-state index contributed by atoms with van der Waals surface area (Å²) >= 11 is 3.90. The molecule has 0 bridgehead atoms. The number of rotatable bonds is 3. The van der Waals surface area contributed by atoms with E-state index in [0.29, 0.717) is 10.6 Å². The second kappa shape index (κ2) is 4.41. The van der Waals surface area contributed by atoms with E-state index in [9.17, 15) is 0 Å². The molecule has 0 aliphatic carbocycles. The molecule has 1 aliphatic heterocycles. The molecule has 0 radical (unpaired) electrons. The Kier molecular flexibility index (Phi) is 3.79. The summed E-state index contributed by atoms with van der Waals surface area (Å²) in [6.45, 7) is 4.37. The van der Waals surface area contributed by atoms with Crippen LogP contribution in [0.1, 0.15) is 20.3 Å². The minimum atomic E-state index is 0.553. The largest absolute Gasteiger partial charge is 0.279 e. The van der Waals surface area contributed by atoms with Crippen molar-refractivity contribution in [1.82, 2.24) is 0 Å². The lowest BCUT2D eigenvalue weighted by atomic mass is 10.3. The zero-order valence-electron chi connectivity index (χ0n) is 7.33. The Morgan fingerprint density at radius 2 is 2.36 bits per heavy atom. The highest BCUT2D eigenvalue weighted by Gasteiger charge is 2.21. The van der Waals surface area contributed by atoms with Gasteiger partial charge < -0.3 is 0 Å². The summed E-state index contributed by atoms with van der Waals surface area (Å²) in [6, 6.07) is 0. The minimum Gasteiger partial charge on any atom is -0.279 e. The molecule has 0 aromatic rings. The molecule has 0 aromatic heterocycles. The van der Waals surface area contributed by atoms with Crippen molar-refractivity contribution in [3.63, 3.8) is 0 Å². The molecule has 0 spiro atoms. The number of aliphatic imine (C=N–C) groups is 1. The standard InChI is InChI=1S/C8H15NS2/c1-6-7(2)11-8(9-6)4-5-10-3/h7-8H,4-5H2,1-3H3/t7-,8-/m1/s1. The smallest absolute Gasteiger partial charge is 0.0965 e. The van der Waals surface area contributed by atoms with E-state index in [1.54, 1.807) is 0 Å². The first kappa shape index (κ1) is 9.46. The van der Waals surface area contributed by atoms with Crippen molar-refractivity contribution in [2.45, 2.75) is 30.9 Å². The van der Waals surface area contributed by atoms with Gasteiger partial charge in [-0.05, 0) is 32.3 Å². The van der Waals surface area contributed by atoms with Crippen LogP contribution in [-0.2, 0) is 0 Å². The second-order valence-electron chi connectivity index (χ2n) is 2.78. The second-order valence-corrected chi connectivity index (χ2v) is 5.29. The molecule has 0 unspecified atom stereocenters. The molecule has 0 saturated carbocycles. The van der Waals surface area contributed by atoms with Crippen molar-refractivity contribution in [1.29, 1.82) is 0 Å². The van der Waals surface area contributed by atoms with Gasteiger partial charge in [-0.1, -0.05) is 0 Å². The van der Waals surface area contributed by atoms with Gasteiger partial charge >= 0.3 is 0 Å². The summed E-state index contributed by atoms with van der Waals surface area (Å²) in [6.07, 6.45) is 3.38. The maximum absolute atomic E-state index is 4.57. The van der Waals surface area contributed by atoms with Crippen LogP contribution >= 0.6 is 23.5 Å². The molecule has 0 saturated heterocycles. The summed E-state index contributed by atoms with van der Waals surface area (Å²) in [5, 5.41) is 1.21. The molecule has 1 rings (SSSR count). The highest BCUT2D eigenvalue weighted by atomic mass is 32.2. The molecule has 1 aliphatic rings. The van der Waals surface area contributed by atoms with Crippen LogP contribution in [0.5, 0.6) is 0 Å². The number of hydrogen-bond acceptors (Lipinski definition) is 3. The fourth-order valence-corrected chi connectivity index (χ4v) is 2.87. The summed E-state index contributed by atoms with van der Waals surface area (Å²) in [5.41, 5.74) is 1.32. The highest BCUT2D eigenvalue weighted by Crippen LogP contribution is 2.29. The van der Waals surface area contributed by atoms with E-state index in [0.717, 1.165) is 0 Å². The van der Waals surface area contributed by atoms with Gasteiger partial charge in [0.15, 0.2) is 0 Å². The molecule has 1 nitrogen and oxygen atoms in total. The lowest BCUT2D eigenvalue weighted by Gasteiger charge is -2.05. The van der Waals surface area contributed by atoms with Crippen molar-refractivity contribution < 1.29 is 0 Å². The van der Waals surface area contributed by atoms with E-state index >= 15 is 0 Å². The fraction of sp³-hybridized carbons (Fsp3) is 0.875. The Morgan fingerprint density at radius 3 is 2.82 bits per heavy atom. The third kappa shape index (κ3) is 2.71. The predicted octanol–water partition coefficient (Wildman–Crippen LogP) is 2.66. The van der Waals surface area contributed by atoms with Gasteiger partial charge in [-0.2, -0.15) is 11.8 Å². The van der Waals surface area contributed by atoms with Gasteiger partial charge in [0.25, 0.3) is 0 Å². The van der Waals surface area contributed by atoms with E-state index in [1.165, 1.54) is 17.9 Å². The van der Waals surface area contributed by atoms with Gasteiger partial charge in [0.1, 0.15) is 0 Å². The summed E-state index contributed by atoms with van der Waals surface area (Å²) in [5.74, 6) is 1.24. The van der Waals surface area contributed by atoms with Gasteiger partial charge in [-0.15, -0.1) is 11.8 Å². The van der Waals surface area contributed by atoms with Gasteiger partial charge in [0.2, 0.25) is 0 Å². The molecule has 0 N–H and O–H groups in total. The van der Waals surface area contributed by atoms with Crippen molar-refractivity contribution in [3.05, 3.63) is 0 Å². The minimum absolute atomic E-state index is 0.553. The average molecular weight is 189 g/mol. The molecule has 3 heteroatoms. The van der Waals surface area contributed by atoms with E-state index < -0.39 is 0 Å². The maximum atomic E-state index is 4.57. The first-order valence-electron chi connectivity index (χ1n) is 3.92. The summed E-state index contributed by atoms with van der Waals surface area (Å²) in [4.78, 5) is 4.57. The van der Waals surface area contributed by atoms with Gasteiger partial charge in [-0.3, -0.25) is 4.99 Å². The van der Waals surface area contributed by atoms with Crippen molar-refractivity contribution in [2.24, 2.45) is 4.99 Å². The van der Waals surface area contributed by atoms with Crippen LogP contribution in [0.2, 0.25) is 0 Å². The molecular formula is C8H15NS2. The average Bonchev–Trinajstić information content (AvgIpc) is 2.28. The van der Waals surface area contributed by atoms with Crippen LogP contribution in [0.4, 0.5) is 0 Å². The Hall–Kier alpha value is 0.370. The van der Waals surface area contributed by atoms with E-state index in [4.69, 9.17) is 0 Å². The van der Waals surface area contributed by atoms with Crippen LogP contribution in [0.15, 0.2) is 4.99 Å². The lowest BCUT2D eigenvalue weighted by molar-refractivity contribution is 0.891. The third-order valence-electron chi connectivity index (χ3n) is 1.87. The molecule has 1 heterocycles. The van der Waals surface area contributed by atoms with Crippen molar-refractivity contribution >= 4 is 29.2 Å². The van der Waals surface area contributed by atoms with Gasteiger partial charge in [0, 0.05) is 11.0 Å². The summed E-state index contributed by atoms with van der Waals surface area (Å²) < 4.78 is 0. The molecular weight excluding hydrogens is 174 g/mol. The van der Waals surface area contributed by atoms with Gasteiger partial charge in [0.05, 0.1) is 5.37 Å². The molecule has 0 amide bonds. The monoisotopic (exact) mass is 189 g/mol. The SMILES string of the molecule is CSCC[C@@H]1N=C(C)[C@@H](C)S1. The number of nitrogens with zero attached hydrogens (tertiary/aromatic N) is 1. The highest BCUT2D eigenvalue weighted by molar-refractivity contribution is 8.01. The normalized spacial score (nSPS) is 30.6.